The monoisotopic (exact) mass is 430 g/mol. The Balaban J connectivity index is 1.58. The van der Waals surface area contributed by atoms with Crippen LogP contribution in [0.5, 0.6) is 0 Å². The zero-order valence-corrected chi connectivity index (χ0v) is 16.0. The molecular formula is C20H19ClF4N2O2. The lowest BCUT2D eigenvalue weighted by molar-refractivity contribution is -0.137. The highest BCUT2D eigenvalue weighted by Crippen LogP contribution is 2.31. The largest absolute Gasteiger partial charge is 0.416 e. The highest BCUT2D eigenvalue weighted by molar-refractivity contribution is 6.30. The van der Waals surface area contributed by atoms with Crippen LogP contribution in [0, 0.1) is 5.82 Å². The van der Waals surface area contributed by atoms with Gasteiger partial charge in [0.15, 0.2) is 0 Å². The number of hydrogen-bond donors (Lipinski definition) is 1. The molecule has 1 aliphatic heterocycles. The Morgan fingerprint density at radius 2 is 1.79 bits per heavy atom. The Morgan fingerprint density at radius 1 is 1.10 bits per heavy atom. The summed E-state index contributed by atoms with van der Waals surface area (Å²) in [5, 5.41) is 10.5. The van der Waals surface area contributed by atoms with Crippen molar-refractivity contribution in [3.8, 4) is 0 Å². The molecule has 2 aromatic rings. The van der Waals surface area contributed by atoms with Crippen molar-refractivity contribution in [3.63, 3.8) is 0 Å². The number of nitrogens with zero attached hydrogens (tertiary/aromatic N) is 2. The van der Waals surface area contributed by atoms with Gasteiger partial charge in [0.25, 0.3) is 5.91 Å². The Bertz CT molecular complexity index is 883. The molecule has 3 rings (SSSR count). The molecule has 1 unspecified atom stereocenters. The highest BCUT2D eigenvalue weighted by atomic mass is 35.5. The smallest absolute Gasteiger partial charge is 0.387 e. The lowest BCUT2D eigenvalue weighted by Crippen LogP contribution is -2.49. The first-order valence-electron chi connectivity index (χ1n) is 8.97. The molecule has 1 saturated heterocycles. The van der Waals surface area contributed by atoms with Gasteiger partial charge in [-0.2, -0.15) is 13.2 Å². The van der Waals surface area contributed by atoms with Crippen LogP contribution >= 0.6 is 11.6 Å². The van der Waals surface area contributed by atoms with Crippen LogP contribution in [-0.4, -0.2) is 53.5 Å². The van der Waals surface area contributed by atoms with E-state index in [2.05, 4.69) is 0 Å². The highest BCUT2D eigenvalue weighted by Gasteiger charge is 2.31. The first-order valence-corrected chi connectivity index (χ1v) is 9.35. The molecule has 1 amide bonds. The molecule has 1 heterocycles. The number of β-amino-alcohol motifs (C(OH)–C–C–N with tert-alkyl or cyclic N) is 1. The van der Waals surface area contributed by atoms with E-state index in [1.807, 2.05) is 4.90 Å². The van der Waals surface area contributed by atoms with Crippen LogP contribution in [0.4, 0.5) is 17.6 Å². The van der Waals surface area contributed by atoms with Crippen LogP contribution in [-0.2, 0) is 6.18 Å². The van der Waals surface area contributed by atoms with E-state index < -0.39 is 29.6 Å². The molecule has 1 N–H and O–H groups in total. The van der Waals surface area contributed by atoms with Gasteiger partial charge in [-0.3, -0.25) is 9.69 Å². The third-order valence-corrected chi connectivity index (χ3v) is 5.09. The minimum Gasteiger partial charge on any atom is -0.387 e. The first-order chi connectivity index (χ1) is 13.6. The van der Waals surface area contributed by atoms with Crippen molar-refractivity contribution in [2.75, 3.05) is 32.7 Å². The van der Waals surface area contributed by atoms with Crippen molar-refractivity contribution in [1.29, 1.82) is 0 Å². The minimum absolute atomic E-state index is 0.0631. The number of aliphatic hydroxyl groups is 1. The van der Waals surface area contributed by atoms with Crippen molar-refractivity contribution in [2.45, 2.75) is 12.3 Å². The van der Waals surface area contributed by atoms with Crippen LogP contribution in [0.3, 0.4) is 0 Å². The van der Waals surface area contributed by atoms with E-state index >= 15 is 0 Å². The predicted octanol–water partition coefficient (Wildman–Crippen LogP) is 3.99. The van der Waals surface area contributed by atoms with Gasteiger partial charge >= 0.3 is 6.18 Å². The maximum atomic E-state index is 14.0. The SMILES string of the molecule is O=C(c1ccc(Cl)cc1F)N1CCN(CC(O)c2cccc(C(F)(F)F)c2)CC1. The van der Waals surface area contributed by atoms with Gasteiger partial charge in [-0.25, -0.2) is 4.39 Å². The molecule has 1 fully saturated rings. The summed E-state index contributed by atoms with van der Waals surface area (Å²) in [4.78, 5) is 15.8. The third kappa shape index (κ3) is 5.26. The van der Waals surface area contributed by atoms with Gasteiger partial charge in [-0.1, -0.05) is 23.7 Å². The van der Waals surface area contributed by atoms with E-state index in [9.17, 15) is 27.5 Å². The van der Waals surface area contributed by atoms with Crippen LogP contribution in [0.1, 0.15) is 27.6 Å². The number of hydrogen-bond acceptors (Lipinski definition) is 3. The van der Waals surface area contributed by atoms with Gasteiger partial charge < -0.3 is 10.0 Å². The van der Waals surface area contributed by atoms with Gasteiger partial charge in [0.2, 0.25) is 0 Å². The standard InChI is InChI=1S/C20H19ClF4N2O2/c21-15-4-5-16(17(22)11-15)19(29)27-8-6-26(7-9-27)12-18(28)13-2-1-3-14(10-13)20(23,24)25/h1-5,10-11,18,28H,6-9,12H2. The number of rotatable bonds is 4. The first kappa shape index (κ1) is 21.5. The van der Waals surface area contributed by atoms with Crippen LogP contribution in [0.15, 0.2) is 42.5 Å². The van der Waals surface area contributed by atoms with E-state index in [0.29, 0.717) is 26.2 Å². The Morgan fingerprint density at radius 3 is 2.41 bits per heavy atom. The topological polar surface area (TPSA) is 43.8 Å². The van der Waals surface area contributed by atoms with E-state index in [-0.39, 0.29) is 22.7 Å². The molecule has 0 spiro atoms. The molecule has 0 bridgehead atoms. The number of piperazine rings is 1. The van der Waals surface area contributed by atoms with Gasteiger partial charge in [0.05, 0.1) is 17.2 Å². The zero-order valence-electron chi connectivity index (χ0n) is 15.3. The second-order valence-corrected chi connectivity index (χ2v) is 7.29. The lowest BCUT2D eigenvalue weighted by Gasteiger charge is -2.35. The van der Waals surface area contributed by atoms with E-state index in [1.54, 1.807) is 0 Å². The van der Waals surface area contributed by atoms with Gasteiger partial charge in [-0.15, -0.1) is 0 Å². The van der Waals surface area contributed by atoms with Gasteiger partial charge in [0.1, 0.15) is 5.82 Å². The second kappa shape index (κ2) is 8.69. The normalized spacial score (nSPS) is 16.7. The summed E-state index contributed by atoms with van der Waals surface area (Å²) in [6.07, 6.45) is -5.56. The summed E-state index contributed by atoms with van der Waals surface area (Å²) in [6.45, 7) is 1.60. The Labute approximate surface area is 170 Å². The quantitative estimate of drug-likeness (QED) is 0.746. The number of alkyl halides is 3. The summed E-state index contributed by atoms with van der Waals surface area (Å²) in [6, 6.07) is 8.46. The van der Waals surface area contributed by atoms with Crippen molar-refractivity contribution in [3.05, 3.63) is 70.0 Å². The molecule has 0 radical (unpaired) electrons. The average molecular weight is 431 g/mol. The maximum absolute atomic E-state index is 14.0. The summed E-state index contributed by atoms with van der Waals surface area (Å²) in [7, 11) is 0. The summed E-state index contributed by atoms with van der Waals surface area (Å²) in [5.74, 6) is -1.14. The molecule has 0 aromatic heterocycles. The van der Waals surface area contributed by atoms with Crippen molar-refractivity contribution in [2.24, 2.45) is 0 Å². The summed E-state index contributed by atoms with van der Waals surface area (Å²) >= 11 is 5.70. The third-order valence-electron chi connectivity index (χ3n) is 4.85. The molecule has 29 heavy (non-hydrogen) atoms. The lowest BCUT2D eigenvalue weighted by atomic mass is 10.0. The van der Waals surface area contributed by atoms with Crippen LogP contribution in [0.2, 0.25) is 5.02 Å². The van der Waals surface area contributed by atoms with Crippen molar-refractivity contribution >= 4 is 17.5 Å². The van der Waals surface area contributed by atoms with E-state index in [0.717, 1.165) is 18.2 Å². The molecule has 1 atom stereocenters. The molecule has 4 nitrogen and oxygen atoms in total. The Kier molecular flexibility index (Phi) is 6.45. The molecule has 1 aliphatic rings. The molecule has 156 valence electrons. The zero-order chi connectivity index (χ0) is 21.2. The fourth-order valence-corrected chi connectivity index (χ4v) is 3.40. The van der Waals surface area contributed by atoms with Crippen molar-refractivity contribution in [1.82, 2.24) is 9.80 Å². The predicted molar refractivity (Wildman–Crippen MR) is 100 cm³/mol. The summed E-state index contributed by atoms with van der Waals surface area (Å²) < 4.78 is 52.5. The van der Waals surface area contributed by atoms with E-state index in [4.69, 9.17) is 11.6 Å². The maximum Gasteiger partial charge on any atom is 0.416 e. The van der Waals surface area contributed by atoms with Crippen molar-refractivity contribution < 1.29 is 27.5 Å². The second-order valence-electron chi connectivity index (χ2n) is 6.86. The molecular weight excluding hydrogens is 412 g/mol. The number of carbonyl (C=O) groups excluding carboxylic acids is 1. The van der Waals surface area contributed by atoms with Gasteiger partial charge in [0, 0.05) is 37.7 Å². The fourth-order valence-electron chi connectivity index (χ4n) is 3.24. The van der Waals surface area contributed by atoms with Crippen LogP contribution in [0.25, 0.3) is 0 Å². The molecule has 0 saturated carbocycles. The van der Waals surface area contributed by atoms with Gasteiger partial charge in [-0.05, 0) is 35.9 Å². The number of halogens is 5. The number of aliphatic hydroxyl groups excluding tert-OH is 1. The summed E-state index contributed by atoms with van der Waals surface area (Å²) in [5.41, 5.74) is -0.692. The molecule has 0 aliphatic carbocycles. The minimum atomic E-state index is -4.47. The van der Waals surface area contributed by atoms with E-state index in [1.165, 1.54) is 29.2 Å². The molecule has 9 heteroatoms. The van der Waals surface area contributed by atoms with Crippen LogP contribution < -0.4 is 0 Å². The fraction of sp³-hybridized carbons (Fsp3) is 0.350. The number of amides is 1. The number of benzene rings is 2. The number of carbonyl (C=O) groups is 1. The molecule has 2 aromatic carbocycles. The average Bonchev–Trinajstić information content (AvgIpc) is 2.67. The Hall–Kier alpha value is -2.16.